The quantitative estimate of drug-likeness (QED) is 0.637. The van der Waals surface area contributed by atoms with Crippen LogP contribution in [0.1, 0.15) is 32.9 Å². The van der Waals surface area contributed by atoms with Crippen LogP contribution < -0.4 is 10.3 Å². The number of fused-ring (bicyclic) bond motifs is 1. The van der Waals surface area contributed by atoms with Gasteiger partial charge in [-0.15, -0.1) is 0 Å². The minimum absolute atomic E-state index is 0.200. The number of hydrogen-bond acceptors (Lipinski definition) is 3. The van der Waals surface area contributed by atoms with Crippen molar-refractivity contribution in [2.45, 2.75) is 26.4 Å². The Hall–Kier alpha value is -3.42. The minimum Gasteiger partial charge on any atom is -0.306 e. The van der Waals surface area contributed by atoms with Crippen LogP contribution in [0.25, 0.3) is 5.69 Å². The van der Waals surface area contributed by atoms with Crippen molar-refractivity contribution in [2.24, 2.45) is 0 Å². The largest absolute Gasteiger partial charge is 0.418 e. The van der Waals surface area contributed by atoms with Gasteiger partial charge in [0.05, 0.1) is 16.9 Å². The van der Waals surface area contributed by atoms with Crippen molar-refractivity contribution >= 4 is 11.6 Å². The zero-order chi connectivity index (χ0) is 21.6. The van der Waals surface area contributed by atoms with Gasteiger partial charge >= 0.3 is 6.18 Å². The third-order valence-electron chi connectivity index (χ3n) is 5.19. The molecule has 2 heterocycles. The molecule has 4 rings (SSSR count). The lowest BCUT2D eigenvalue weighted by atomic mass is 10.1. The van der Waals surface area contributed by atoms with E-state index in [1.54, 1.807) is 0 Å². The molecule has 5 nitrogen and oxygen atoms in total. The number of carbonyl (C=O) groups excluding carboxylic acids is 1. The summed E-state index contributed by atoms with van der Waals surface area (Å²) in [6.07, 6.45) is -3.97. The SMILES string of the molecule is Cc1cccc2c1N(C(=O)c1nn(-c3ccccc3C(F)(F)F)c(C)cc1=O)CC2. The van der Waals surface area contributed by atoms with Gasteiger partial charge in [0, 0.05) is 18.3 Å². The maximum Gasteiger partial charge on any atom is 0.418 e. The van der Waals surface area contributed by atoms with E-state index in [1.165, 1.54) is 30.0 Å². The molecule has 3 aromatic rings. The number of halogens is 3. The summed E-state index contributed by atoms with van der Waals surface area (Å²) in [5, 5.41) is 4.08. The number of benzene rings is 2. The summed E-state index contributed by atoms with van der Waals surface area (Å²) in [5.41, 5.74) is 0.623. The number of hydrogen-bond donors (Lipinski definition) is 0. The molecule has 0 unspecified atom stereocenters. The van der Waals surface area contributed by atoms with Crippen molar-refractivity contribution in [3.05, 3.63) is 86.8 Å². The fourth-order valence-electron chi connectivity index (χ4n) is 3.82. The van der Waals surface area contributed by atoms with E-state index in [0.717, 1.165) is 33.6 Å². The number of rotatable bonds is 2. The first-order valence-corrected chi connectivity index (χ1v) is 9.36. The van der Waals surface area contributed by atoms with Crippen LogP contribution in [0.2, 0.25) is 0 Å². The van der Waals surface area contributed by atoms with Gasteiger partial charge in [0.1, 0.15) is 0 Å². The summed E-state index contributed by atoms with van der Waals surface area (Å²) in [6, 6.07) is 11.7. The molecule has 1 amide bonds. The minimum atomic E-state index is -4.61. The maximum absolute atomic E-state index is 13.5. The molecular formula is C22H18F3N3O2. The van der Waals surface area contributed by atoms with E-state index >= 15 is 0 Å². The van der Waals surface area contributed by atoms with E-state index in [2.05, 4.69) is 5.10 Å². The van der Waals surface area contributed by atoms with E-state index in [9.17, 15) is 22.8 Å². The number of para-hydroxylation sites is 2. The Bertz CT molecular complexity index is 1210. The van der Waals surface area contributed by atoms with Crippen LogP contribution in [-0.4, -0.2) is 22.2 Å². The van der Waals surface area contributed by atoms with Gasteiger partial charge in [0.2, 0.25) is 5.43 Å². The van der Waals surface area contributed by atoms with Gasteiger partial charge in [-0.3, -0.25) is 9.59 Å². The molecule has 1 aromatic heterocycles. The summed E-state index contributed by atoms with van der Waals surface area (Å²) < 4.78 is 41.5. The van der Waals surface area contributed by atoms with Gasteiger partial charge in [-0.05, 0) is 43.5 Å². The lowest BCUT2D eigenvalue weighted by molar-refractivity contribution is -0.137. The van der Waals surface area contributed by atoms with Gasteiger partial charge in [-0.25, -0.2) is 4.68 Å². The Kier molecular flexibility index (Phi) is 4.72. The molecule has 1 aliphatic rings. The van der Waals surface area contributed by atoms with Crippen LogP contribution in [0.15, 0.2) is 53.3 Å². The first kappa shape index (κ1) is 19.9. The Morgan fingerprint density at radius 2 is 1.80 bits per heavy atom. The molecular weight excluding hydrogens is 395 g/mol. The summed E-state index contributed by atoms with van der Waals surface area (Å²) >= 11 is 0. The number of amides is 1. The average molecular weight is 413 g/mol. The fraction of sp³-hybridized carbons (Fsp3) is 0.227. The molecule has 0 saturated carbocycles. The van der Waals surface area contributed by atoms with Crippen molar-refractivity contribution in [2.75, 3.05) is 11.4 Å². The van der Waals surface area contributed by atoms with Gasteiger partial charge < -0.3 is 4.90 Å². The van der Waals surface area contributed by atoms with Crippen molar-refractivity contribution in [1.82, 2.24) is 9.78 Å². The van der Waals surface area contributed by atoms with E-state index in [1.807, 2.05) is 25.1 Å². The molecule has 0 aliphatic carbocycles. The van der Waals surface area contributed by atoms with Crippen LogP contribution in [-0.2, 0) is 12.6 Å². The first-order chi connectivity index (χ1) is 14.2. The molecule has 30 heavy (non-hydrogen) atoms. The van der Waals surface area contributed by atoms with Crippen LogP contribution in [0.4, 0.5) is 18.9 Å². The molecule has 0 N–H and O–H groups in total. The Labute approximate surface area is 170 Å². The van der Waals surface area contributed by atoms with Crippen molar-refractivity contribution in [3.8, 4) is 5.69 Å². The highest BCUT2D eigenvalue weighted by atomic mass is 19.4. The van der Waals surface area contributed by atoms with E-state index in [4.69, 9.17) is 0 Å². The summed E-state index contributed by atoms with van der Waals surface area (Å²) in [7, 11) is 0. The second-order valence-corrected chi connectivity index (χ2v) is 7.21. The number of aromatic nitrogens is 2. The molecule has 154 valence electrons. The van der Waals surface area contributed by atoms with E-state index in [-0.39, 0.29) is 11.4 Å². The standard InChI is InChI=1S/C22H18F3N3O2/c1-13-6-5-7-15-10-11-27(20(13)15)21(30)19-18(29)12-14(2)28(26-19)17-9-4-3-8-16(17)22(23,24)25/h3-9,12H,10-11H2,1-2H3. The van der Waals surface area contributed by atoms with Gasteiger partial charge in [-0.2, -0.15) is 18.3 Å². The third-order valence-corrected chi connectivity index (χ3v) is 5.19. The maximum atomic E-state index is 13.5. The molecule has 0 atom stereocenters. The summed E-state index contributed by atoms with van der Waals surface area (Å²) in [4.78, 5) is 27.2. The predicted molar refractivity (Wildman–Crippen MR) is 106 cm³/mol. The van der Waals surface area contributed by atoms with Gasteiger partial charge in [0.25, 0.3) is 5.91 Å². The van der Waals surface area contributed by atoms with E-state index < -0.39 is 28.8 Å². The normalized spacial score (nSPS) is 13.4. The van der Waals surface area contributed by atoms with Crippen molar-refractivity contribution in [3.63, 3.8) is 0 Å². The molecule has 0 spiro atoms. The molecule has 8 heteroatoms. The lowest BCUT2D eigenvalue weighted by Crippen LogP contribution is -2.35. The Morgan fingerprint density at radius 1 is 1.07 bits per heavy atom. The molecule has 0 radical (unpaired) electrons. The second kappa shape index (κ2) is 7.12. The topological polar surface area (TPSA) is 55.2 Å². The number of alkyl halides is 3. The van der Waals surface area contributed by atoms with Gasteiger partial charge in [-0.1, -0.05) is 30.3 Å². The molecule has 1 aliphatic heterocycles. The average Bonchev–Trinajstić information content (AvgIpc) is 3.12. The monoisotopic (exact) mass is 413 g/mol. The highest BCUT2D eigenvalue weighted by Gasteiger charge is 2.35. The van der Waals surface area contributed by atoms with Crippen LogP contribution >= 0.6 is 0 Å². The molecule has 0 fully saturated rings. The van der Waals surface area contributed by atoms with Crippen molar-refractivity contribution in [1.29, 1.82) is 0 Å². The number of aryl methyl sites for hydroxylation is 2. The highest BCUT2D eigenvalue weighted by molar-refractivity contribution is 6.06. The van der Waals surface area contributed by atoms with E-state index in [0.29, 0.717) is 13.0 Å². The zero-order valence-corrected chi connectivity index (χ0v) is 16.3. The van der Waals surface area contributed by atoms with Crippen molar-refractivity contribution < 1.29 is 18.0 Å². The van der Waals surface area contributed by atoms with Crippen LogP contribution in [0.3, 0.4) is 0 Å². The van der Waals surface area contributed by atoms with Gasteiger partial charge in [0.15, 0.2) is 5.69 Å². The Morgan fingerprint density at radius 3 is 2.53 bits per heavy atom. The van der Waals surface area contributed by atoms with Crippen LogP contribution in [0.5, 0.6) is 0 Å². The summed E-state index contributed by atoms with van der Waals surface area (Å²) in [6.45, 7) is 3.73. The number of anilines is 1. The van der Waals surface area contributed by atoms with Crippen LogP contribution in [0, 0.1) is 13.8 Å². The smallest absolute Gasteiger partial charge is 0.306 e. The molecule has 0 bridgehead atoms. The highest BCUT2D eigenvalue weighted by Crippen LogP contribution is 2.34. The lowest BCUT2D eigenvalue weighted by Gasteiger charge is -2.20. The number of nitrogens with zero attached hydrogens (tertiary/aromatic N) is 3. The Balaban J connectivity index is 1.84. The predicted octanol–water partition coefficient (Wildman–Crippen LogP) is 4.07. The molecule has 0 saturated heterocycles. The first-order valence-electron chi connectivity index (χ1n) is 9.36. The third kappa shape index (κ3) is 3.28. The molecule has 2 aromatic carbocycles. The summed E-state index contributed by atoms with van der Waals surface area (Å²) in [5.74, 6) is -0.619. The fourth-order valence-corrected chi connectivity index (χ4v) is 3.82. The second-order valence-electron chi connectivity index (χ2n) is 7.21. The zero-order valence-electron chi connectivity index (χ0n) is 16.3. The number of carbonyl (C=O) groups is 1.